The molecule has 3 aromatic rings. The fourth-order valence-electron chi connectivity index (χ4n) is 3.22. The van der Waals surface area contributed by atoms with Crippen LogP contribution in [-0.4, -0.2) is 5.11 Å². The van der Waals surface area contributed by atoms with E-state index in [0.717, 1.165) is 18.4 Å². The minimum absolute atomic E-state index is 0.458. The summed E-state index contributed by atoms with van der Waals surface area (Å²) in [7, 11) is 0. The predicted molar refractivity (Wildman–Crippen MR) is 86.1 cm³/mol. The van der Waals surface area contributed by atoms with Gasteiger partial charge in [-0.1, -0.05) is 61.9 Å². The molecular formula is C19H20O. The summed E-state index contributed by atoms with van der Waals surface area (Å²) in [4.78, 5) is 0. The Bertz CT molecular complexity index is 699. The van der Waals surface area contributed by atoms with E-state index in [4.69, 9.17) is 0 Å². The van der Waals surface area contributed by atoms with E-state index in [1.54, 1.807) is 0 Å². The number of aryl methyl sites for hydroxylation is 1. The Morgan fingerprint density at radius 1 is 0.850 bits per heavy atom. The molecule has 1 nitrogen and oxygen atoms in total. The van der Waals surface area contributed by atoms with Crippen LogP contribution >= 0.6 is 0 Å². The van der Waals surface area contributed by atoms with Gasteiger partial charge in [-0.3, -0.25) is 0 Å². The fraction of sp³-hybridized carbons (Fsp3) is 0.263. The zero-order chi connectivity index (χ0) is 14.1. The Hall–Kier alpha value is -1.86. The van der Waals surface area contributed by atoms with E-state index in [2.05, 4.69) is 55.5 Å². The third kappa shape index (κ3) is 1.99. The molecule has 0 spiro atoms. The lowest BCUT2D eigenvalue weighted by Crippen LogP contribution is -1.99. The van der Waals surface area contributed by atoms with Crippen LogP contribution < -0.4 is 0 Å². The highest BCUT2D eigenvalue weighted by atomic mass is 16.3. The van der Waals surface area contributed by atoms with Crippen LogP contribution in [0.25, 0.3) is 21.5 Å². The molecular weight excluding hydrogens is 244 g/mol. The molecule has 3 aromatic carbocycles. The van der Waals surface area contributed by atoms with Gasteiger partial charge in [-0.15, -0.1) is 0 Å². The molecule has 0 bridgehead atoms. The first-order valence-corrected chi connectivity index (χ1v) is 7.34. The summed E-state index contributed by atoms with van der Waals surface area (Å²) in [5, 5.41) is 15.2. The van der Waals surface area contributed by atoms with Crippen LogP contribution in [-0.2, 0) is 6.42 Å². The molecule has 0 aliphatic carbocycles. The van der Waals surface area contributed by atoms with E-state index in [1.165, 1.54) is 27.1 Å². The topological polar surface area (TPSA) is 20.2 Å². The average Bonchev–Trinajstić information content (AvgIpc) is 2.47. The van der Waals surface area contributed by atoms with E-state index in [0.29, 0.717) is 0 Å². The first kappa shape index (κ1) is 13.1. The number of hydrogen-bond acceptors (Lipinski definition) is 1. The highest BCUT2D eigenvalue weighted by molar-refractivity contribution is 6.06. The lowest BCUT2D eigenvalue weighted by atomic mass is 9.88. The Morgan fingerprint density at radius 2 is 1.30 bits per heavy atom. The Kier molecular flexibility index (Phi) is 3.45. The number of aliphatic hydroxyl groups is 1. The second kappa shape index (κ2) is 5.26. The number of aliphatic hydroxyl groups excluding tert-OH is 1. The average molecular weight is 264 g/mol. The molecule has 20 heavy (non-hydrogen) atoms. The highest BCUT2D eigenvalue weighted by Gasteiger charge is 2.15. The first-order chi connectivity index (χ1) is 9.74. The van der Waals surface area contributed by atoms with Gasteiger partial charge in [0.2, 0.25) is 0 Å². The summed E-state index contributed by atoms with van der Waals surface area (Å²) < 4.78 is 0. The highest BCUT2D eigenvalue weighted by Crippen LogP contribution is 2.36. The second-order valence-electron chi connectivity index (χ2n) is 5.41. The van der Waals surface area contributed by atoms with Crippen LogP contribution in [0.2, 0.25) is 0 Å². The maximum absolute atomic E-state index is 10.2. The monoisotopic (exact) mass is 264 g/mol. The lowest BCUT2D eigenvalue weighted by molar-refractivity contribution is 0.202. The third-order valence-electron chi connectivity index (χ3n) is 4.00. The van der Waals surface area contributed by atoms with E-state index in [9.17, 15) is 5.11 Å². The zero-order valence-corrected chi connectivity index (χ0v) is 12.1. The summed E-state index contributed by atoms with van der Waals surface area (Å²) in [6.07, 6.45) is 1.74. The molecule has 0 amide bonds. The third-order valence-corrected chi connectivity index (χ3v) is 4.00. The van der Waals surface area contributed by atoms with Crippen molar-refractivity contribution in [1.29, 1.82) is 0 Å². The van der Waals surface area contributed by atoms with Crippen LogP contribution in [0.4, 0.5) is 0 Å². The summed E-state index contributed by atoms with van der Waals surface area (Å²) in [6, 6.07) is 16.9. The van der Waals surface area contributed by atoms with Crippen molar-refractivity contribution in [3.8, 4) is 0 Å². The summed E-state index contributed by atoms with van der Waals surface area (Å²) in [6.45, 7) is 4.07. The molecule has 0 radical (unpaired) electrons. The molecule has 0 aliphatic rings. The first-order valence-electron chi connectivity index (χ1n) is 7.34. The van der Waals surface area contributed by atoms with Gasteiger partial charge >= 0.3 is 0 Å². The van der Waals surface area contributed by atoms with Gasteiger partial charge in [-0.05, 0) is 46.0 Å². The minimum Gasteiger partial charge on any atom is -0.389 e. The SMILES string of the molecule is CCCc1c2ccccc2c(C(C)O)c2ccccc12. The van der Waals surface area contributed by atoms with Crippen LogP contribution in [0.3, 0.4) is 0 Å². The van der Waals surface area contributed by atoms with Crippen molar-refractivity contribution >= 4 is 21.5 Å². The second-order valence-corrected chi connectivity index (χ2v) is 5.41. The van der Waals surface area contributed by atoms with Crippen molar-refractivity contribution in [3.63, 3.8) is 0 Å². The van der Waals surface area contributed by atoms with Crippen LogP contribution in [0.15, 0.2) is 48.5 Å². The van der Waals surface area contributed by atoms with E-state index < -0.39 is 6.10 Å². The molecule has 0 saturated carbocycles. The van der Waals surface area contributed by atoms with Gasteiger partial charge < -0.3 is 5.11 Å². The predicted octanol–water partition coefficient (Wildman–Crippen LogP) is 5.00. The van der Waals surface area contributed by atoms with Crippen molar-refractivity contribution in [2.75, 3.05) is 0 Å². The molecule has 0 fully saturated rings. The summed E-state index contributed by atoms with van der Waals surface area (Å²) >= 11 is 0. The molecule has 1 N–H and O–H groups in total. The molecule has 1 heteroatoms. The van der Waals surface area contributed by atoms with Crippen LogP contribution in [0.1, 0.15) is 37.5 Å². The maximum atomic E-state index is 10.2. The quantitative estimate of drug-likeness (QED) is 0.660. The molecule has 0 heterocycles. The fourth-order valence-corrected chi connectivity index (χ4v) is 3.22. The number of benzene rings is 3. The van der Waals surface area contributed by atoms with Crippen molar-refractivity contribution in [1.82, 2.24) is 0 Å². The molecule has 0 aromatic heterocycles. The molecule has 102 valence electrons. The van der Waals surface area contributed by atoms with Crippen LogP contribution in [0.5, 0.6) is 0 Å². The smallest absolute Gasteiger partial charge is 0.0773 e. The number of rotatable bonds is 3. The molecule has 3 rings (SSSR count). The van der Waals surface area contributed by atoms with E-state index in [-0.39, 0.29) is 0 Å². The Morgan fingerprint density at radius 3 is 1.70 bits per heavy atom. The van der Waals surface area contributed by atoms with Gasteiger partial charge in [0.05, 0.1) is 6.10 Å². The van der Waals surface area contributed by atoms with Crippen molar-refractivity contribution < 1.29 is 5.11 Å². The van der Waals surface area contributed by atoms with E-state index >= 15 is 0 Å². The lowest BCUT2D eigenvalue weighted by Gasteiger charge is -2.18. The molecule has 0 saturated heterocycles. The molecule has 1 atom stereocenters. The van der Waals surface area contributed by atoms with Crippen molar-refractivity contribution in [2.45, 2.75) is 32.8 Å². The maximum Gasteiger partial charge on any atom is 0.0773 e. The van der Waals surface area contributed by atoms with Gasteiger partial charge in [-0.2, -0.15) is 0 Å². The van der Waals surface area contributed by atoms with Crippen molar-refractivity contribution in [2.24, 2.45) is 0 Å². The van der Waals surface area contributed by atoms with E-state index in [1.807, 2.05) is 6.92 Å². The van der Waals surface area contributed by atoms with Gasteiger partial charge in [-0.25, -0.2) is 0 Å². The van der Waals surface area contributed by atoms with Gasteiger partial charge in [0.25, 0.3) is 0 Å². The molecule has 0 aliphatic heterocycles. The summed E-state index contributed by atoms with van der Waals surface area (Å²) in [5.41, 5.74) is 2.46. The zero-order valence-electron chi connectivity index (χ0n) is 12.1. The van der Waals surface area contributed by atoms with Gasteiger partial charge in [0.15, 0.2) is 0 Å². The molecule has 1 unspecified atom stereocenters. The van der Waals surface area contributed by atoms with Gasteiger partial charge in [0.1, 0.15) is 0 Å². The summed E-state index contributed by atoms with van der Waals surface area (Å²) in [5.74, 6) is 0. The van der Waals surface area contributed by atoms with Crippen molar-refractivity contribution in [3.05, 3.63) is 59.7 Å². The van der Waals surface area contributed by atoms with Crippen LogP contribution in [0, 0.1) is 0 Å². The standard InChI is InChI=1S/C19H20O/c1-3-8-14-15-9-4-6-11-17(15)19(13(2)20)18-12-7-5-10-16(14)18/h4-7,9-13,20H,3,8H2,1-2H3. The Labute approximate surface area is 119 Å². The Balaban J connectivity index is 2.54. The van der Waals surface area contributed by atoms with Gasteiger partial charge in [0, 0.05) is 0 Å². The minimum atomic E-state index is -0.458. The number of hydrogen-bond donors (Lipinski definition) is 1. The number of fused-ring (bicyclic) bond motifs is 2. The largest absolute Gasteiger partial charge is 0.389 e. The normalized spacial score (nSPS) is 12.9.